The highest BCUT2D eigenvalue weighted by atomic mass is 35.5. The number of fused-ring (bicyclic) bond motifs is 3. The van der Waals surface area contributed by atoms with Crippen LogP contribution in [0.3, 0.4) is 0 Å². The second kappa shape index (κ2) is 5.99. The smallest absolute Gasteiger partial charge is 0.142 e. The zero-order valence-electron chi connectivity index (χ0n) is 13.5. The zero-order chi connectivity index (χ0) is 16.8. The van der Waals surface area contributed by atoms with E-state index in [9.17, 15) is 0 Å². The topological polar surface area (TPSA) is 37.0 Å². The van der Waals surface area contributed by atoms with E-state index >= 15 is 0 Å². The van der Waals surface area contributed by atoms with Crippen molar-refractivity contribution in [2.24, 2.45) is 0 Å². The largest absolute Gasteiger partial charge is 0.495 e. The summed E-state index contributed by atoms with van der Waals surface area (Å²) in [5, 5.41) is 6.19. The Balaban J connectivity index is 1.93. The van der Waals surface area contributed by atoms with Gasteiger partial charge in [0.05, 0.1) is 18.2 Å². The van der Waals surface area contributed by atoms with Crippen molar-refractivity contribution in [2.75, 3.05) is 13.7 Å². The molecule has 1 atom stereocenters. The lowest BCUT2D eigenvalue weighted by molar-refractivity contribution is 0.402. The molecular weight excluding hydrogens is 343 g/mol. The van der Waals surface area contributed by atoms with Crippen LogP contribution in [-0.2, 0) is 6.42 Å². The monoisotopic (exact) mass is 360 g/mol. The van der Waals surface area contributed by atoms with Gasteiger partial charge in [0.25, 0.3) is 0 Å². The van der Waals surface area contributed by atoms with E-state index in [-0.39, 0.29) is 6.04 Å². The van der Waals surface area contributed by atoms with Crippen molar-refractivity contribution in [3.8, 4) is 5.75 Å². The van der Waals surface area contributed by atoms with Gasteiger partial charge >= 0.3 is 0 Å². The zero-order valence-corrected chi connectivity index (χ0v) is 15.1. The second-order valence-corrected chi connectivity index (χ2v) is 7.06. The summed E-state index contributed by atoms with van der Waals surface area (Å²) >= 11 is 12.6. The summed E-state index contributed by atoms with van der Waals surface area (Å²) in [7, 11) is 1.66. The van der Waals surface area contributed by atoms with Crippen molar-refractivity contribution in [2.45, 2.75) is 19.4 Å². The molecule has 2 N–H and O–H groups in total. The highest BCUT2D eigenvalue weighted by molar-refractivity contribution is 6.32. The minimum Gasteiger partial charge on any atom is -0.495 e. The Hall–Kier alpha value is -1.68. The summed E-state index contributed by atoms with van der Waals surface area (Å²) in [6, 6.07) is 10.1. The van der Waals surface area contributed by atoms with Crippen LogP contribution in [0.5, 0.6) is 5.75 Å². The standard InChI is InChI=1S/C19H18Cl2N2O/c1-10-7-14(19(24-2)15(21)8-10)17-18-12(5-6-22-17)13-9-11(20)3-4-16(13)23-18/h3-4,7-9,17,22-23H,5-6H2,1-2H3. The number of ether oxygens (including phenoxy) is 1. The van der Waals surface area contributed by atoms with Gasteiger partial charge in [0.2, 0.25) is 0 Å². The first-order chi connectivity index (χ1) is 11.6. The lowest BCUT2D eigenvalue weighted by Gasteiger charge is -2.27. The minimum absolute atomic E-state index is 0.0206. The first-order valence-electron chi connectivity index (χ1n) is 7.96. The van der Waals surface area contributed by atoms with Crippen molar-refractivity contribution in [3.63, 3.8) is 0 Å². The lowest BCUT2D eigenvalue weighted by Crippen LogP contribution is -2.30. The average molecular weight is 361 g/mol. The van der Waals surface area contributed by atoms with Gasteiger partial charge in [0, 0.05) is 33.7 Å². The summed E-state index contributed by atoms with van der Waals surface area (Å²) in [6.07, 6.45) is 0.966. The number of methoxy groups -OCH3 is 1. The van der Waals surface area contributed by atoms with Gasteiger partial charge < -0.3 is 15.0 Å². The third-order valence-corrected chi connectivity index (χ3v) is 5.16. The maximum absolute atomic E-state index is 6.40. The Bertz CT molecular complexity index is 933. The van der Waals surface area contributed by atoms with Crippen LogP contribution in [-0.4, -0.2) is 18.6 Å². The third-order valence-electron chi connectivity index (χ3n) is 4.65. The van der Waals surface area contributed by atoms with Crippen LogP contribution in [0.1, 0.15) is 28.4 Å². The molecule has 1 unspecified atom stereocenters. The molecule has 0 saturated carbocycles. The average Bonchev–Trinajstić information content (AvgIpc) is 2.92. The molecule has 1 aliphatic heterocycles. The molecule has 0 fully saturated rings. The summed E-state index contributed by atoms with van der Waals surface area (Å²) < 4.78 is 5.59. The number of aromatic nitrogens is 1. The van der Waals surface area contributed by atoms with E-state index in [2.05, 4.69) is 16.4 Å². The van der Waals surface area contributed by atoms with Gasteiger partial charge in [0.15, 0.2) is 0 Å². The summed E-state index contributed by atoms with van der Waals surface area (Å²) in [4.78, 5) is 3.56. The quantitative estimate of drug-likeness (QED) is 0.672. The number of rotatable bonds is 2. The van der Waals surface area contributed by atoms with Gasteiger partial charge in [-0.2, -0.15) is 0 Å². The van der Waals surface area contributed by atoms with Gasteiger partial charge in [-0.15, -0.1) is 0 Å². The Morgan fingerprint density at radius 2 is 2.00 bits per heavy atom. The molecule has 124 valence electrons. The van der Waals surface area contributed by atoms with Crippen molar-refractivity contribution < 1.29 is 4.74 Å². The molecule has 0 aliphatic carbocycles. The normalized spacial score (nSPS) is 17.1. The number of aryl methyl sites for hydroxylation is 1. The molecule has 24 heavy (non-hydrogen) atoms. The van der Waals surface area contributed by atoms with E-state index in [0.717, 1.165) is 40.4 Å². The fourth-order valence-corrected chi connectivity index (χ4v) is 4.18. The van der Waals surface area contributed by atoms with E-state index in [4.69, 9.17) is 27.9 Å². The Morgan fingerprint density at radius 1 is 1.17 bits per heavy atom. The number of hydrogen-bond acceptors (Lipinski definition) is 2. The second-order valence-electron chi connectivity index (χ2n) is 6.21. The number of H-pyrrole nitrogens is 1. The minimum atomic E-state index is 0.0206. The number of aromatic amines is 1. The summed E-state index contributed by atoms with van der Waals surface area (Å²) in [6.45, 7) is 2.94. The molecule has 1 aliphatic rings. The van der Waals surface area contributed by atoms with Gasteiger partial charge in [-0.1, -0.05) is 29.3 Å². The Labute approximate surface area is 150 Å². The fourth-order valence-electron chi connectivity index (χ4n) is 3.65. The van der Waals surface area contributed by atoms with Crippen molar-refractivity contribution >= 4 is 34.1 Å². The van der Waals surface area contributed by atoms with Crippen LogP contribution >= 0.6 is 23.2 Å². The first kappa shape index (κ1) is 15.8. The van der Waals surface area contributed by atoms with Crippen LogP contribution in [0.2, 0.25) is 10.0 Å². The predicted molar refractivity (Wildman–Crippen MR) is 99.6 cm³/mol. The maximum atomic E-state index is 6.40. The highest BCUT2D eigenvalue weighted by Crippen LogP contribution is 2.40. The van der Waals surface area contributed by atoms with E-state index in [1.807, 2.05) is 31.2 Å². The maximum Gasteiger partial charge on any atom is 0.142 e. The number of halogens is 2. The van der Waals surface area contributed by atoms with Gasteiger partial charge in [0.1, 0.15) is 5.75 Å². The Kier molecular flexibility index (Phi) is 3.95. The van der Waals surface area contributed by atoms with E-state index in [0.29, 0.717) is 5.02 Å². The number of benzene rings is 2. The molecule has 0 amide bonds. The predicted octanol–water partition coefficient (Wildman–Crippen LogP) is 5.03. The van der Waals surface area contributed by atoms with Crippen LogP contribution in [0, 0.1) is 6.92 Å². The lowest BCUT2D eigenvalue weighted by atomic mass is 9.93. The number of nitrogens with one attached hydrogen (secondary N) is 2. The van der Waals surface area contributed by atoms with Crippen LogP contribution in [0.25, 0.3) is 10.9 Å². The van der Waals surface area contributed by atoms with Crippen molar-refractivity contribution in [1.82, 2.24) is 10.3 Å². The molecule has 1 aromatic heterocycles. The Morgan fingerprint density at radius 3 is 2.79 bits per heavy atom. The van der Waals surface area contributed by atoms with E-state index in [1.165, 1.54) is 16.6 Å². The highest BCUT2D eigenvalue weighted by Gasteiger charge is 2.28. The molecule has 0 spiro atoms. The van der Waals surface area contributed by atoms with Gasteiger partial charge in [-0.05, 0) is 48.7 Å². The molecule has 5 heteroatoms. The molecule has 3 nitrogen and oxygen atoms in total. The molecule has 0 saturated heterocycles. The molecule has 0 radical (unpaired) electrons. The molecule has 3 aromatic rings. The van der Waals surface area contributed by atoms with Crippen LogP contribution in [0.4, 0.5) is 0 Å². The van der Waals surface area contributed by atoms with Gasteiger partial charge in [-0.3, -0.25) is 0 Å². The van der Waals surface area contributed by atoms with E-state index < -0.39 is 0 Å². The summed E-state index contributed by atoms with van der Waals surface area (Å²) in [5.41, 5.74) is 5.76. The summed E-state index contributed by atoms with van der Waals surface area (Å²) in [5.74, 6) is 0.726. The van der Waals surface area contributed by atoms with Crippen molar-refractivity contribution in [1.29, 1.82) is 0 Å². The van der Waals surface area contributed by atoms with Gasteiger partial charge in [-0.25, -0.2) is 0 Å². The molecule has 0 bridgehead atoms. The van der Waals surface area contributed by atoms with Crippen molar-refractivity contribution in [3.05, 3.63) is 62.8 Å². The third kappa shape index (κ3) is 2.48. The first-order valence-corrected chi connectivity index (χ1v) is 8.71. The molecule has 4 rings (SSSR count). The van der Waals surface area contributed by atoms with Crippen LogP contribution < -0.4 is 10.1 Å². The van der Waals surface area contributed by atoms with Crippen LogP contribution in [0.15, 0.2) is 30.3 Å². The molecule has 2 heterocycles. The fraction of sp³-hybridized carbons (Fsp3) is 0.263. The van der Waals surface area contributed by atoms with E-state index in [1.54, 1.807) is 7.11 Å². The SMILES string of the molecule is COc1c(Cl)cc(C)cc1C1NCCc2c1[nH]c1ccc(Cl)cc21. The number of hydrogen-bond donors (Lipinski definition) is 2. The molecular formula is C19H18Cl2N2O. The molecule has 2 aromatic carbocycles.